The molecule has 0 aromatic carbocycles. The summed E-state index contributed by atoms with van der Waals surface area (Å²) in [5.41, 5.74) is 0. The second-order valence-electron chi connectivity index (χ2n) is 2.06. The summed E-state index contributed by atoms with van der Waals surface area (Å²) in [5, 5.41) is 0. The van der Waals surface area contributed by atoms with E-state index in [9.17, 15) is 0 Å². The summed E-state index contributed by atoms with van der Waals surface area (Å²) in [5.74, 6) is 0. The zero-order chi connectivity index (χ0) is 10.9. The Morgan fingerprint density at radius 1 is 0.833 bits per heavy atom. The van der Waals surface area contributed by atoms with Crippen molar-refractivity contribution in [1.29, 1.82) is 0 Å². The van der Waals surface area contributed by atoms with Crippen LogP contribution in [0.5, 0.6) is 0 Å². The molecule has 0 aliphatic rings. The Morgan fingerprint density at radius 2 is 0.833 bits per heavy atom. The number of nitrogens with two attached hydrogens (primary N) is 6. The minimum Gasteiger partial charge on any atom is -0.183 e. The molecule has 0 atom stereocenters. The van der Waals surface area contributed by atoms with Crippen LogP contribution in [0.1, 0.15) is 0 Å². The molecule has 0 rings (SSSR count). The minimum atomic E-state index is -4.69. The average Bonchev–Trinajstić information content (AvgIpc) is 1.04. The predicted octanol–water partition coefficient (Wildman–Crippen LogP) is -7.67. The third-order valence-electron chi connectivity index (χ3n) is 0. The molecule has 0 saturated heterocycles. The molecule has 0 unspecified atom stereocenters. The van der Waals surface area contributed by atoms with Crippen molar-refractivity contribution in [3.63, 3.8) is 0 Å². The Balaban J connectivity index is 0. The molecule has 0 bridgehead atoms. The molecule has 0 amide bonds. The van der Waals surface area contributed by atoms with Crippen LogP contribution in [0.25, 0.3) is 0 Å². The number of rotatable bonds is 0. The normalized spacial score (nSPS) is 18.5. The van der Waals surface area contributed by atoms with E-state index >= 15 is 0 Å². The zero-order valence-electron chi connectivity index (χ0n) is 5.85. The monoisotopic (exact) mass is 255 g/mol. The molecule has 0 aromatic rings. The molecule has 0 spiro atoms. The van der Waals surface area contributed by atoms with E-state index in [-0.39, 0.29) is 0 Å². The van der Waals surface area contributed by atoms with Crippen LogP contribution >= 0.6 is 0 Å². The zero-order valence-corrected chi connectivity index (χ0v) is 7.64. The van der Waals surface area contributed by atoms with Crippen molar-refractivity contribution in [2.75, 3.05) is 0 Å². The molecule has 0 radical (unpaired) electrons. The fourth-order valence-corrected chi connectivity index (χ4v) is 0. The van der Waals surface area contributed by atoms with Gasteiger partial charge < -0.3 is 0 Å². The molecule has 12 heavy (non-hydrogen) atoms. The first-order valence-corrected chi connectivity index (χ1v) is 6.66. The minimum absolute atomic E-state index is 4.65. The van der Waals surface area contributed by atoms with Gasteiger partial charge in [0.1, 0.15) is 0 Å². The standard InChI is InChI=1S/ClHO4.Co.6H2N/c2-1(3,4)5;;;;;;;/h(H,2,3,4,5);;6*1H2/q;+6;6*-1. The number of hydrogen-bond acceptors (Lipinski definition) is 10. The number of hydrogen-bond donors (Lipinski definition) is 7. The first-order chi connectivity index (χ1) is 4.45. The van der Waals surface area contributed by atoms with Crippen LogP contribution in [0, 0.1) is 10.2 Å². The van der Waals surface area contributed by atoms with Crippen molar-refractivity contribution in [2.45, 2.75) is 0 Å². The van der Waals surface area contributed by atoms with E-state index in [1.165, 1.54) is 0 Å². The summed E-state index contributed by atoms with van der Waals surface area (Å²) in [6, 6.07) is 0. The van der Waals surface area contributed by atoms with Crippen LogP contribution in [0.3, 0.4) is 0 Å². The Bertz CT molecular complexity index is 130. The van der Waals surface area contributed by atoms with Crippen LogP contribution in [-0.2, 0) is 11.8 Å². The maximum Gasteiger partial charge on any atom is 0.0777 e. The molecule has 12 heteroatoms. The quantitative estimate of drug-likeness (QED) is 0.215. The second-order valence-corrected chi connectivity index (χ2v) is 8.06. The summed E-state index contributed by atoms with van der Waals surface area (Å²) in [6.45, 7) is 0. The van der Waals surface area contributed by atoms with E-state index in [1.807, 2.05) is 0 Å². The Hall–Kier alpha value is 0.396. The van der Waals surface area contributed by atoms with Crippen LogP contribution in [0.2, 0.25) is 0 Å². The van der Waals surface area contributed by atoms with Crippen molar-refractivity contribution >= 4 is 0 Å². The van der Waals surface area contributed by atoms with Gasteiger partial charge in [0.15, 0.2) is 0 Å². The molecule has 0 heterocycles. The van der Waals surface area contributed by atoms with Gasteiger partial charge in [-0.15, -0.1) is 0 Å². The maximum absolute atomic E-state index is 8.60. The van der Waals surface area contributed by atoms with E-state index in [1.54, 1.807) is 0 Å². The molecule has 0 aliphatic carbocycles. The first-order valence-electron chi connectivity index (χ1n) is 1.79. The van der Waals surface area contributed by atoms with E-state index in [0.717, 1.165) is 0 Å². The fraction of sp³-hybridized carbons (Fsp3) is 0. The van der Waals surface area contributed by atoms with Crippen molar-refractivity contribution in [3.8, 4) is 0 Å². The van der Waals surface area contributed by atoms with Gasteiger partial charge in [0.25, 0.3) is 0 Å². The first kappa shape index (κ1) is 14.9. The average molecular weight is 256 g/mol. The van der Waals surface area contributed by atoms with Gasteiger partial charge in [-0.05, 0) is 0 Å². The van der Waals surface area contributed by atoms with Crippen LogP contribution in [-0.4, -0.2) is 4.66 Å². The van der Waals surface area contributed by atoms with Crippen molar-refractivity contribution in [2.24, 2.45) is 28.7 Å². The summed E-state index contributed by atoms with van der Waals surface area (Å²) >= 11 is -4.65. The van der Waals surface area contributed by atoms with Gasteiger partial charge in [-0.3, -0.25) is 0 Å². The molecule has 0 saturated carbocycles. The molecule has 13 N–H and O–H groups in total. The Morgan fingerprint density at radius 3 is 0.833 bits per heavy atom. The Kier molecular flexibility index (Phi) is 3.34. The predicted molar refractivity (Wildman–Crippen MR) is 27.3 cm³/mol. The van der Waals surface area contributed by atoms with Crippen molar-refractivity contribution in [3.05, 3.63) is 0 Å². The molecular weight excluding hydrogens is 242 g/mol. The molecule has 10 nitrogen and oxygen atoms in total. The second kappa shape index (κ2) is 2.69. The largest absolute Gasteiger partial charge is 0.183 e. The fourth-order valence-electron chi connectivity index (χ4n) is 0. The summed E-state index contributed by atoms with van der Waals surface area (Å²) in [6.07, 6.45) is 0. The number of halogens is 1. The van der Waals surface area contributed by atoms with E-state index in [0.29, 0.717) is 0 Å². The SMILES string of the molecule is [NH2][Co]([NH2])([NH2])([NH2])([NH2])[NH2].[O-][Cl+3]([O-])([O-])O. The van der Waals surface area contributed by atoms with Gasteiger partial charge in [0.05, 0.1) is 14.9 Å². The molecular formula is H13ClCoN6O4. The third kappa shape index (κ3) is 5840. The molecule has 83 valence electrons. The molecule has 0 fully saturated rings. The van der Waals surface area contributed by atoms with Gasteiger partial charge in [-0.25, -0.2) is 0 Å². The van der Waals surface area contributed by atoms with Crippen LogP contribution in [0.4, 0.5) is 0 Å². The summed E-state index contributed by atoms with van der Waals surface area (Å²) in [4.78, 5) is 29.2. The van der Waals surface area contributed by atoms with Crippen LogP contribution < -0.4 is 42.7 Å². The third-order valence-corrected chi connectivity index (χ3v) is 0. The van der Waals surface area contributed by atoms with Gasteiger partial charge in [-0.1, -0.05) is 0 Å². The van der Waals surface area contributed by atoms with Gasteiger partial charge in [0, 0.05) is 0 Å². The van der Waals surface area contributed by atoms with E-state index < -0.39 is 22.1 Å². The topological polar surface area (TPSA) is 246 Å². The van der Waals surface area contributed by atoms with Gasteiger partial charge in [-0.2, -0.15) is 14.0 Å². The summed E-state index contributed by atoms with van der Waals surface area (Å²) < 4.78 is 32.7. The van der Waals surface area contributed by atoms with Crippen molar-refractivity contribution < 1.29 is 40.7 Å². The van der Waals surface area contributed by atoms with Crippen LogP contribution in [0.15, 0.2) is 0 Å². The smallest absolute Gasteiger partial charge is 0.0777 e. The maximum atomic E-state index is 8.60. The van der Waals surface area contributed by atoms with Crippen molar-refractivity contribution in [1.82, 2.24) is 0 Å². The molecule has 0 aliphatic heterocycles. The van der Waals surface area contributed by atoms with Gasteiger partial charge in [0.2, 0.25) is 0 Å². The van der Waals surface area contributed by atoms with E-state index in [4.69, 9.17) is 47.3 Å². The Labute approximate surface area is 70.0 Å². The van der Waals surface area contributed by atoms with E-state index in [2.05, 4.69) is 0 Å². The molecule has 0 aromatic heterocycles. The van der Waals surface area contributed by atoms with Gasteiger partial charge >= 0.3 is 40.5 Å². The summed E-state index contributed by atoms with van der Waals surface area (Å²) in [7, 11) is -4.69.